The molecule has 1 aliphatic rings. The van der Waals surface area contributed by atoms with Gasteiger partial charge in [-0.15, -0.1) is 0 Å². The van der Waals surface area contributed by atoms with Crippen molar-refractivity contribution in [3.63, 3.8) is 0 Å². The Kier molecular flexibility index (Phi) is 4.47. The summed E-state index contributed by atoms with van der Waals surface area (Å²) < 4.78 is 2.19. The maximum atomic E-state index is 12.4. The number of carbonyl (C=O) groups excluding carboxylic acids is 1. The summed E-state index contributed by atoms with van der Waals surface area (Å²) in [7, 11) is 2.06. The molecule has 0 unspecified atom stereocenters. The van der Waals surface area contributed by atoms with Gasteiger partial charge in [-0.05, 0) is 37.5 Å². The zero-order chi connectivity index (χ0) is 18.3. The van der Waals surface area contributed by atoms with Gasteiger partial charge in [-0.2, -0.15) is 0 Å². The van der Waals surface area contributed by atoms with Crippen molar-refractivity contribution in [1.29, 1.82) is 0 Å². The predicted molar refractivity (Wildman–Crippen MR) is 104 cm³/mol. The lowest BCUT2D eigenvalue weighted by molar-refractivity contribution is 0.0516. The van der Waals surface area contributed by atoms with Crippen LogP contribution in [0.2, 0.25) is 10.0 Å². The minimum atomic E-state index is -0.652. The van der Waals surface area contributed by atoms with Crippen LogP contribution in [-0.2, 0) is 18.3 Å². The van der Waals surface area contributed by atoms with Gasteiger partial charge in [-0.25, -0.2) is 4.79 Å². The Bertz CT molecular complexity index is 1030. The van der Waals surface area contributed by atoms with Crippen molar-refractivity contribution in [2.75, 3.05) is 0 Å². The second-order valence-corrected chi connectivity index (χ2v) is 7.08. The summed E-state index contributed by atoms with van der Waals surface area (Å²) in [6.07, 6.45) is 2.69. The van der Waals surface area contributed by atoms with Crippen LogP contribution in [0.3, 0.4) is 0 Å². The van der Waals surface area contributed by atoms with Crippen LogP contribution >= 0.6 is 23.2 Å². The summed E-state index contributed by atoms with van der Waals surface area (Å²) in [5, 5.41) is 5.80. The first-order valence-electron chi connectivity index (χ1n) is 8.37. The van der Waals surface area contributed by atoms with E-state index in [2.05, 4.69) is 28.9 Å². The highest BCUT2D eigenvalue weighted by Crippen LogP contribution is 2.32. The first-order chi connectivity index (χ1) is 12.6. The van der Waals surface area contributed by atoms with E-state index >= 15 is 0 Å². The number of aromatic nitrogens is 1. The lowest BCUT2D eigenvalue weighted by Gasteiger charge is -2.15. The van der Waals surface area contributed by atoms with Crippen molar-refractivity contribution in [2.45, 2.75) is 19.3 Å². The third-order valence-electron chi connectivity index (χ3n) is 4.75. The molecule has 0 saturated carbocycles. The molecule has 1 aliphatic carbocycles. The first kappa shape index (κ1) is 17.1. The van der Waals surface area contributed by atoms with E-state index in [1.165, 1.54) is 5.69 Å². The van der Waals surface area contributed by atoms with Gasteiger partial charge in [-0.3, -0.25) is 0 Å². The van der Waals surface area contributed by atoms with Crippen molar-refractivity contribution in [3.8, 4) is 0 Å². The van der Waals surface area contributed by atoms with Crippen LogP contribution in [0.15, 0.2) is 47.6 Å². The van der Waals surface area contributed by atoms with Gasteiger partial charge in [0.05, 0.1) is 21.3 Å². The standard InChI is InChI=1S/C20H16Cl2N2O2/c1-24-16-10-3-2-6-12(16)18-15(9-5-11-17(18)24)23-26-20(25)19-13(21)7-4-8-14(19)22/h2-4,6-8,10H,5,9,11H2,1H3/b23-15+. The zero-order valence-electron chi connectivity index (χ0n) is 14.1. The molecule has 0 N–H and O–H groups in total. The van der Waals surface area contributed by atoms with Crippen LogP contribution in [-0.4, -0.2) is 16.2 Å². The number of nitrogens with zero attached hydrogens (tertiary/aromatic N) is 2. The summed E-state index contributed by atoms with van der Waals surface area (Å²) >= 11 is 12.1. The molecule has 0 saturated heterocycles. The van der Waals surface area contributed by atoms with Crippen LogP contribution in [0.25, 0.3) is 10.9 Å². The lowest BCUT2D eigenvalue weighted by atomic mass is 9.93. The molecule has 2 aromatic carbocycles. The van der Waals surface area contributed by atoms with Crippen LogP contribution in [0.4, 0.5) is 0 Å². The molecule has 0 atom stereocenters. The van der Waals surface area contributed by atoms with E-state index in [-0.39, 0.29) is 15.6 Å². The van der Waals surface area contributed by atoms with Gasteiger partial charge in [0.25, 0.3) is 0 Å². The number of carbonyl (C=O) groups is 1. The number of aryl methyl sites for hydroxylation is 1. The van der Waals surface area contributed by atoms with Crippen molar-refractivity contribution >= 4 is 45.8 Å². The molecular formula is C20H16Cl2N2O2. The van der Waals surface area contributed by atoms with E-state index in [4.69, 9.17) is 28.0 Å². The largest absolute Gasteiger partial charge is 0.368 e. The Labute approximate surface area is 161 Å². The van der Waals surface area contributed by atoms with Gasteiger partial charge in [0, 0.05) is 29.2 Å². The minimum absolute atomic E-state index is 0.133. The molecule has 6 heteroatoms. The van der Waals surface area contributed by atoms with Crippen LogP contribution in [0.1, 0.15) is 34.5 Å². The smallest absolute Gasteiger partial charge is 0.347 e. The quantitative estimate of drug-likeness (QED) is 0.438. The molecule has 1 heterocycles. The second-order valence-electron chi connectivity index (χ2n) is 6.26. The molecule has 4 rings (SSSR count). The van der Waals surface area contributed by atoms with Gasteiger partial charge < -0.3 is 9.40 Å². The highest BCUT2D eigenvalue weighted by molar-refractivity contribution is 6.39. The molecule has 26 heavy (non-hydrogen) atoms. The number of oxime groups is 1. The van der Waals surface area contributed by atoms with E-state index in [9.17, 15) is 4.79 Å². The summed E-state index contributed by atoms with van der Waals surface area (Å²) in [4.78, 5) is 17.6. The fraction of sp³-hybridized carbons (Fsp3) is 0.200. The van der Waals surface area contributed by atoms with Crippen molar-refractivity contribution < 1.29 is 9.63 Å². The highest BCUT2D eigenvalue weighted by atomic mass is 35.5. The number of halogens is 2. The molecule has 0 aliphatic heterocycles. The first-order valence-corrected chi connectivity index (χ1v) is 9.12. The Hall–Kier alpha value is -2.30. The van der Waals surface area contributed by atoms with Gasteiger partial charge in [0.1, 0.15) is 0 Å². The fourth-order valence-corrected chi connectivity index (χ4v) is 4.09. The van der Waals surface area contributed by atoms with E-state index in [1.54, 1.807) is 18.2 Å². The molecule has 0 amide bonds. The van der Waals surface area contributed by atoms with Crippen LogP contribution in [0.5, 0.6) is 0 Å². The van der Waals surface area contributed by atoms with Gasteiger partial charge in [0.2, 0.25) is 0 Å². The maximum Gasteiger partial charge on any atom is 0.368 e. The Morgan fingerprint density at radius 1 is 1.08 bits per heavy atom. The van der Waals surface area contributed by atoms with Crippen LogP contribution in [0, 0.1) is 0 Å². The van der Waals surface area contributed by atoms with Crippen molar-refractivity contribution in [3.05, 3.63) is 69.3 Å². The molecule has 1 aromatic heterocycles. The van der Waals surface area contributed by atoms with E-state index in [1.807, 2.05) is 12.1 Å². The minimum Gasteiger partial charge on any atom is -0.347 e. The molecule has 132 valence electrons. The Morgan fingerprint density at radius 3 is 2.58 bits per heavy atom. The van der Waals surface area contributed by atoms with E-state index in [0.717, 1.165) is 41.4 Å². The normalized spacial score (nSPS) is 15.3. The second kappa shape index (κ2) is 6.78. The van der Waals surface area contributed by atoms with Crippen molar-refractivity contribution in [2.24, 2.45) is 12.2 Å². The summed E-state index contributed by atoms with van der Waals surface area (Å²) in [6, 6.07) is 13.1. The molecule has 0 spiro atoms. The number of benzene rings is 2. The average molecular weight is 387 g/mol. The zero-order valence-corrected chi connectivity index (χ0v) is 15.6. The number of hydrogen-bond acceptors (Lipinski definition) is 3. The summed E-state index contributed by atoms with van der Waals surface area (Å²) in [5.74, 6) is -0.652. The molecule has 0 fully saturated rings. The lowest BCUT2D eigenvalue weighted by Crippen LogP contribution is -2.14. The molecule has 3 aromatic rings. The highest BCUT2D eigenvalue weighted by Gasteiger charge is 2.24. The fourth-order valence-electron chi connectivity index (χ4n) is 3.54. The summed E-state index contributed by atoms with van der Waals surface area (Å²) in [5.41, 5.74) is 4.33. The number of hydrogen-bond donors (Lipinski definition) is 0. The third-order valence-corrected chi connectivity index (χ3v) is 5.38. The number of para-hydroxylation sites is 1. The molecule has 4 nitrogen and oxygen atoms in total. The summed E-state index contributed by atoms with van der Waals surface area (Å²) in [6.45, 7) is 0. The van der Waals surface area contributed by atoms with Gasteiger partial charge in [-0.1, -0.05) is 52.6 Å². The average Bonchev–Trinajstić information content (AvgIpc) is 2.93. The predicted octanol–water partition coefficient (Wildman–Crippen LogP) is 5.38. The van der Waals surface area contributed by atoms with Crippen LogP contribution < -0.4 is 0 Å². The molecular weight excluding hydrogens is 371 g/mol. The topological polar surface area (TPSA) is 43.6 Å². The Morgan fingerprint density at radius 2 is 1.81 bits per heavy atom. The maximum absolute atomic E-state index is 12.4. The molecule has 0 radical (unpaired) electrons. The Balaban J connectivity index is 1.73. The number of fused-ring (bicyclic) bond motifs is 3. The molecule has 0 bridgehead atoms. The number of rotatable bonds is 2. The van der Waals surface area contributed by atoms with E-state index < -0.39 is 5.97 Å². The van der Waals surface area contributed by atoms with Gasteiger partial charge >= 0.3 is 5.97 Å². The SMILES string of the molecule is Cn1c2c(c3ccccc31)/C(=N/OC(=O)c1c(Cl)cccc1Cl)CCC2. The van der Waals surface area contributed by atoms with Gasteiger partial charge in [0.15, 0.2) is 0 Å². The third kappa shape index (κ3) is 2.79. The van der Waals surface area contributed by atoms with Crippen molar-refractivity contribution in [1.82, 2.24) is 4.57 Å². The monoisotopic (exact) mass is 386 g/mol. The van der Waals surface area contributed by atoms with E-state index in [0.29, 0.717) is 0 Å².